The molecule has 0 radical (unpaired) electrons. The van der Waals surface area contributed by atoms with Crippen LogP contribution in [0, 0.1) is 22.0 Å². The summed E-state index contributed by atoms with van der Waals surface area (Å²) in [6, 6.07) is 16.3. The second-order valence-corrected chi connectivity index (χ2v) is 14.4. The van der Waals surface area contributed by atoms with E-state index >= 15 is 0 Å². The number of carboxylic acids is 1. The number of carboxylic acid groups (broad SMARTS) is 1. The number of alkyl halides is 1. The number of hydrogen-bond acceptors (Lipinski definition) is 6. The minimum absolute atomic E-state index is 0.0507. The topological polar surface area (TPSA) is 110 Å². The van der Waals surface area contributed by atoms with Crippen molar-refractivity contribution in [2.75, 3.05) is 19.0 Å². The summed E-state index contributed by atoms with van der Waals surface area (Å²) in [6.45, 7) is 4.14. The van der Waals surface area contributed by atoms with Gasteiger partial charge in [-0.15, -0.1) is 0 Å². The predicted octanol–water partition coefficient (Wildman–Crippen LogP) is 11.2. The van der Waals surface area contributed by atoms with Gasteiger partial charge in [0.05, 0.1) is 10.6 Å². The third kappa shape index (κ3) is 10.9. The minimum Gasteiger partial charge on any atom is -0.477 e. The molecule has 276 valence electrons. The molecule has 1 fully saturated rings. The highest BCUT2D eigenvalue weighted by atomic mass is 19.1. The highest BCUT2D eigenvalue weighted by molar-refractivity contribution is 6.02. The zero-order chi connectivity index (χ0) is 36.9. The fraction of sp³-hybridized carbons (Fsp3) is 0.524. The molecule has 1 aliphatic rings. The molecule has 3 aromatic carbocycles. The zero-order valence-corrected chi connectivity index (χ0v) is 30.8. The Bertz CT molecular complexity index is 1600. The van der Waals surface area contributed by atoms with Crippen molar-refractivity contribution in [1.82, 2.24) is 0 Å². The molecule has 0 aromatic heterocycles. The van der Waals surface area contributed by atoms with E-state index in [0.717, 1.165) is 35.4 Å². The molecule has 8 nitrogen and oxygen atoms in total. The smallest absolute Gasteiger partial charge is 0.346 e. The number of carbonyl (C=O) groups excluding carboxylic acids is 1. The van der Waals surface area contributed by atoms with Gasteiger partial charge in [-0.25, -0.2) is 14.0 Å². The van der Waals surface area contributed by atoms with Gasteiger partial charge < -0.3 is 14.7 Å². The molecule has 1 saturated carbocycles. The van der Waals surface area contributed by atoms with Gasteiger partial charge in [-0.2, -0.15) is 0 Å². The molecule has 4 rings (SSSR count). The van der Waals surface area contributed by atoms with Crippen molar-refractivity contribution < 1.29 is 28.7 Å². The van der Waals surface area contributed by atoms with E-state index in [1.807, 2.05) is 6.92 Å². The van der Waals surface area contributed by atoms with E-state index < -0.39 is 34.3 Å². The number of hydrogen-bond donors (Lipinski definition) is 1. The molecule has 51 heavy (non-hydrogen) atoms. The molecule has 1 aliphatic carbocycles. The first-order valence-corrected chi connectivity index (χ1v) is 18.8. The number of aromatic carboxylic acids is 1. The van der Waals surface area contributed by atoms with Crippen molar-refractivity contribution in [1.29, 1.82) is 0 Å². The second-order valence-electron chi connectivity index (χ2n) is 14.4. The SMILES string of the molecule is CCCCC[C@H]1CC[C@H](CCCCc2ccc(-c3ccc(-c4c(OC(=O)[C@H](F)CCCC)c(N(C)C)cc(C(=O)O)c4[N+](=O)[O-])cc3)cc2)CC1. The highest BCUT2D eigenvalue weighted by Gasteiger charge is 2.34. The van der Waals surface area contributed by atoms with Crippen molar-refractivity contribution >= 4 is 23.3 Å². The number of halogens is 1. The van der Waals surface area contributed by atoms with Crippen LogP contribution in [-0.4, -0.2) is 42.2 Å². The summed E-state index contributed by atoms with van der Waals surface area (Å²) in [5.41, 5.74) is 2.00. The van der Waals surface area contributed by atoms with Crippen LogP contribution < -0.4 is 9.64 Å². The van der Waals surface area contributed by atoms with Gasteiger partial charge in [0.15, 0.2) is 11.9 Å². The van der Waals surface area contributed by atoms with E-state index in [2.05, 4.69) is 31.2 Å². The number of anilines is 1. The van der Waals surface area contributed by atoms with E-state index in [0.29, 0.717) is 12.8 Å². The molecule has 1 N–H and O–H groups in total. The van der Waals surface area contributed by atoms with Crippen LogP contribution in [0.3, 0.4) is 0 Å². The minimum atomic E-state index is -1.93. The Labute approximate surface area is 302 Å². The molecule has 0 unspecified atom stereocenters. The van der Waals surface area contributed by atoms with E-state index in [1.54, 1.807) is 38.4 Å². The number of nitrogens with zero attached hydrogens (tertiary/aromatic N) is 2. The Morgan fingerprint density at radius 1 is 0.863 bits per heavy atom. The maximum Gasteiger partial charge on any atom is 0.346 e. The monoisotopic (exact) mass is 702 g/mol. The fourth-order valence-corrected chi connectivity index (χ4v) is 7.31. The number of unbranched alkanes of at least 4 members (excludes halogenated alkanes) is 4. The van der Waals surface area contributed by atoms with Gasteiger partial charge in [-0.3, -0.25) is 10.1 Å². The van der Waals surface area contributed by atoms with E-state index in [4.69, 9.17) is 4.74 Å². The third-order valence-corrected chi connectivity index (χ3v) is 10.4. The summed E-state index contributed by atoms with van der Waals surface area (Å²) < 4.78 is 20.3. The summed E-state index contributed by atoms with van der Waals surface area (Å²) in [7, 11) is 3.18. The molecular weight excluding hydrogens is 647 g/mol. The standard InChI is InChI=1S/C42H55FN2O6/c1-5-7-9-12-29-16-18-30(19-17-29)13-10-11-14-31-20-22-32(23-21-31)33-24-26-34(27-25-33)38-39(45(49)50)35(41(46)47)28-37(44(3)4)40(38)51-42(48)36(43)15-8-6-2/h20-30,36H,5-19H2,1-4H3,(H,46,47)/t29-,30-,36-/m1/s1. The lowest BCUT2D eigenvalue weighted by molar-refractivity contribution is -0.384. The van der Waals surface area contributed by atoms with Gasteiger partial charge in [0.2, 0.25) is 0 Å². The predicted molar refractivity (Wildman–Crippen MR) is 202 cm³/mol. The average molecular weight is 703 g/mol. The summed E-state index contributed by atoms with van der Waals surface area (Å²) in [6.07, 6.45) is 15.0. The molecule has 3 aromatic rings. The number of carbonyl (C=O) groups is 2. The van der Waals surface area contributed by atoms with E-state index in [9.17, 15) is 29.2 Å². The lowest BCUT2D eigenvalue weighted by atomic mass is 9.78. The van der Waals surface area contributed by atoms with Crippen LogP contribution in [0.4, 0.5) is 15.8 Å². The van der Waals surface area contributed by atoms with Gasteiger partial charge in [0.1, 0.15) is 11.1 Å². The Morgan fingerprint density at radius 2 is 1.39 bits per heavy atom. The maximum atomic E-state index is 14.8. The Kier molecular flexibility index (Phi) is 15.0. The summed E-state index contributed by atoms with van der Waals surface area (Å²) in [5, 5.41) is 22.3. The molecule has 0 aliphatic heterocycles. The van der Waals surface area contributed by atoms with Crippen LogP contribution in [0.2, 0.25) is 0 Å². The van der Waals surface area contributed by atoms with E-state index in [-0.39, 0.29) is 29.0 Å². The van der Waals surface area contributed by atoms with Crippen LogP contribution in [0.25, 0.3) is 22.3 Å². The molecule has 0 spiro atoms. The first-order valence-electron chi connectivity index (χ1n) is 18.8. The van der Waals surface area contributed by atoms with Crippen molar-refractivity contribution in [3.8, 4) is 28.0 Å². The maximum absolute atomic E-state index is 14.8. The van der Waals surface area contributed by atoms with Gasteiger partial charge in [0.25, 0.3) is 5.69 Å². The normalized spacial score (nSPS) is 16.4. The number of benzene rings is 3. The van der Waals surface area contributed by atoms with Gasteiger partial charge in [-0.05, 0) is 59.4 Å². The van der Waals surface area contributed by atoms with Crippen molar-refractivity contribution in [3.63, 3.8) is 0 Å². The first kappa shape index (κ1) is 39.5. The molecule has 0 bridgehead atoms. The quantitative estimate of drug-likeness (QED) is 0.0435. The molecule has 0 heterocycles. The van der Waals surface area contributed by atoms with Gasteiger partial charge >= 0.3 is 11.9 Å². The van der Waals surface area contributed by atoms with Crippen LogP contribution >= 0.6 is 0 Å². The third-order valence-electron chi connectivity index (χ3n) is 10.4. The lowest BCUT2D eigenvalue weighted by Gasteiger charge is -2.28. The summed E-state index contributed by atoms with van der Waals surface area (Å²) >= 11 is 0. The fourth-order valence-electron chi connectivity index (χ4n) is 7.31. The number of nitro benzene ring substituents is 1. The summed E-state index contributed by atoms with van der Waals surface area (Å²) in [4.78, 5) is 38.1. The van der Waals surface area contributed by atoms with Crippen LogP contribution in [-0.2, 0) is 11.2 Å². The van der Waals surface area contributed by atoms with Crippen molar-refractivity contribution in [3.05, 3.63) is 75.8 Å². The molecule has 9 heteroatoms. The second kappa shape index (κ2) is 19.4. The number of esters is 1. The Balaban J connectivity index is 1.48. The number of nitro groups is 1. The molecular formula is C42H55FN2O6. The average Bonchev–Trinajstić information content (AvgIpc) is 3.12. The Hall–Kier alpha value is -4.27. The van der Waals surface area contributed by atoms with Gasteiger partial charge in [0, 0.05) is 14.1 Å². The number of rotatable bonds is 19. The van der Waals surface area contributed by atoms with Crippen LogP contribution in [0.15, 0.2) is 54.6 Å². The van der Waals surface area contributed by atoms with Crippen molar-refractivity contribution in [2.45, 2.75) is 116 Å². The van der Waals surface area contributed by atoms with Gasteiger partial charge in [-0.1, -0.05) is 139 Å². The van der Waals surface area contributed by atoms with Crippen LogP contribution in [0.5, 0.6) is 5.75 Å². The Morgan fingerprint density at radius 3 is 1.90 bits per heavy atom. The van der Waals surface area contributed by atoms with Crippen LogP contribution in [0.1, 0.15) is 120 Å². The largest absolute Gasteiger partial charge is 0.477 e. The lowest BCUT2D eigenvalue weighted by Crippen LogP contribution is -2.24. The zero-order valence-electron chi connectivity index (χ0n) is 30.8. The molecule has 1 atom stereocenters. The first-order chi connectivity index (χ1) is 24.5. The number of ether oxygens (including phenoxy) is 1. The molecule has 0 amide bonds. The number of aryl methyl sites for hydroxylation is 1. The summed E-state index contributed by atoms with van der Waals surface area (Å²) in [5.74, 6) is -1.11. The highest BCUT2D eigenvalue weighted by Crippen LogP contribution is 2.47. The van der Waals surface area contributed by atoms with E-state index in [1.165, 1.54) is 81.1 Å². The molecule has 0 saturated heterocycles. The van der Waals surface area contributed by atoms with Crippen molar-refractivity contribution in [2.24, 2.45) is 11.8 Å².